The van der Waals surface area contributed by atoms with Gasteiger partial charge < -0.3 is 9.52 Å². The van der Waals surface area contributed by atoms with Crippen LogP contribution in [0, 0.1) is 22.9 Å². The van der Waals surface area contributed by atoms with Crippen molar-refractivity contribution in [2.75, 3.05) is 0 Å². The van der Waals surface area contributed by atoms with E-state index < -0.39 is 28.0 Å². The molecule has 0 fully saturated rings. The second-order valence-electron chi connectivity index (χ2n) is 3.55. The summed E-state index contributed by atoms with van der Waals surface area (Å²) in [6.07, 6.45) is 0. The molecule has 1 heterocycles. The molecule has 2 rings (SSSR count). The van der Waals surface area contributed by atoms with Gasteiger partial charge in [-0.3, -0.25) is 10.1 Å². The molecule has 0 saturated heterocycles. The number of rotatable bonds is 4. The molecule has 1 aromatic heterocycles. The molecule has 20 heavy (non-hydrogen) atoms. The molecular formula is C10H6FN3O5S. The second-order valence-corrected chi connectivity index (χ2v) is 4.54. The quantitative estimate of drug-likeness (QED) is 0.674. The van der Waals surface area contributed by atoms with E-state index in [4.69, 9.17) is 9.52 Å². The molecule has 1 aromatic carbocycles. The van der Waals surface area contributed by atoms with Crippen LogP contribution in [-0.2, 0) is 0 Å². The van der Waals surface area contributed by atoms with E-state index >= 15 is 0 Å². The van der Waals surface area contributed by atoms with Crippen LogP contribution in [0.3, 0.4) is 0 Å². The van der Waals surface area contributed by atoms with E-state index in [9.17, 15) is 19.3 Å². The predicted molar refractivity (Wildman–Crippen MR) is 63.2 cm³/mol. The number of aromatic carboxylic acids is 1. The molecule has 10 heteroatoms. The second kappa shape index (κ2) is 5.25. The number of aromatic nitrogens is 2. The molecule has 104 valence electrons. The molecule has 0 bridgehead atoms. The summed E-state index contributed by atoms with van der Waals surface area (Å²) < 4.78 is 18.5. The van der Waals surface area contributed by atoms with E-state index in [0.29, 0.717) is 17.8 Å². The first-order valence-corrected chi connectivity index (χ1v) is 5.89. The maximum Gasteiger partial charge on any atom is 0.338 e. The lowest BCUT2D eigenvalue weighted by molar-refractivity contribution is -0.387. The van der Waals surface area contributed by atoms with Crippen molar-refractivity contribution in [3.63, 3.8) is 0 Å². The molecule has 8 nitrogen and oxygen atoms in total. The number of nitro benzene ring substituents is 1. The summed E-state index contributed by atoms with van der Waals surface area (Å²) in [4.78, 5) is 20.8. The van der Waals surface area contributed by atoms with Crippen molar-refractivity contribution in [3.8, 4) is 0 Å². The molecule has 0 aliphatic heterocycles. The summed E-state index contributed by atoms with van der Waals surface area (Å²) in [5, 5.41) is 26.8. The van der Waals surface area contributed by atoms with Gasteiger partial charge in [0.05, 0.1) is 21.4 Å². The van der Waals surface area contributed by atoms with E-state index in [1.807, 2.05) is 0 Å². The van der Waals surface area contributed by atoms with Crippen molar-refractivity contribution in [3.05, 3.63) is 39.5 Å². The molecular weight excluding hydrogens is 293 g/mol. The number of nitrogens with zero attached hydrogens (tertiary/aromatic N) is 3. The highest BCUT2D eigenvalue weighted by molar-refractivity contribution is 7.99. The maximum atomic E-state index is 13.4. The van der Waals surface area contributed by atoms with Gasteiger partial charge in [0.1, 0.15) is 5.82 Å². The molecule has 0 aliphatic rings. The van der Waals surface area contributed by atoms with Crippen molar-refractivity contribution < 1.29 is 23.6 Å². The molecule has 0 spiro atoms. The number of nitro groups is 1. The first-order chi connectivity index (χ1) is 9.38. The lowest BCUT2D eigenvalue weighted by Gasteiger charge is -2.03. The van der Waals surface area contributed by atoms with Gasteiger partial charge >= 0.3 is 5.97 Å². The molecule has 0 unspecified atom stereocenters. The minimum Gasteiger partial charge on any atom is -0.478 e. The average molecular weight is 299 g/mol. The van der Waals surface area contributed by atoms with E-state index in [1.54, 1.807) is 0 Å². The average Bonchev–Trinajstić information content (AvgIpc) is 2.76. The Bertz CT molecular complexity index is 702. The van der Waals surface area contributed by atoms with Crippen LogP contribution < -0.4 is 0 Å². The Morgan fingerprint density at radius 1 is 1.50 bits per heavy atom. The molecule has 1 N–H and O–H groups in total. The zero-order valence-corrected chi connectivity index (χ0v) is 10.7. The van der Waals surface area contributed by atoms with Crippen molar-refractivity contribution in [1.82, 2.24) is 10.2 Å². The number of carboxylic acids is 1. The minimum atomic E-state index is -1.53. The zero-order chi connectivity index (χ0) is 14.9. The Morgan fingerprint density at radius 3 is 2.70 bits per heavy atom. The number of hydrogen-bond donors (Lipinski definition) is 1. The van der Waals surface area contributed by atoms with Gasteiger partial charge in [0.2, 0.25) is 5.89 Å². The molecule has 0 atom stereocenters. The van der Waals surface area contributed by atoms with Crippen LogP contribution in [0.5, 0.6) is 0 Å². The van der Waals surface area contributed by atoms with Crippen LogP contribution in [0.4, 0.5) is 10.1 Å². The van der Waals surface area contributed by atoms with Crippen LogP contribution in [0.1, 0.15) is 16.2 Å². The van der Waals surface area contributed by atoms with Crippen molar-refractivity contribution in [2.24, 2.45) is 0 Å². The Balaban J connectivity index is 2.50. The first kappa shape index (κ1) is 13.9. The topological polar surface area (TPSA) is 119 Å². The predicted octanol–water partition coefficient (Wildman–Crippen LogP) is 2.27. The molecule has 0 saturated carbocycles. The largest absolute Gasteiger partial charge is 0.478 e. The lowest BCUT2D eigenvalue weighted by Crippen LogP contribution is -2.03. The van der Waals surface area contributed by atoms with Gasteiger partial charge in [-0.05, 0) is 17.8 Å². The number of benzene rings is 1. The summed E-state index contributed by atoms with van der Waals surface area (Å²) >= 11 is 0.692. The normalized spacial score (nSPS) is 10.5. The third-order valence-corrected chi connectivity index (χ3v) is 3.07. The Kier molecular flexibility index (Phi) is 3.66. The van der Waals surface area contributed by atoms with Crippen LogP contribution in [0.15, 0.2) is 26.7 Å². The van der Waals surface area contributed by atoms with E-state index in [1.165, 1.54) is 6.92 Å². The fraction of sp³-hybridized carbons (Fsp3) is 0.100. The Labute approximate surface area is 114 Å². The van der Waals surface area contributed by atoms with Crippen LogP contribution in [-0.4, -0.2) is 26.2 Å². The summed E-state index contributed by atoms with van der Waals surface area (Å²) in [6, 6.07) is 1.41. The standard InChI is InChI=1S/C10H6FN3O5S/c1-4-12-13-10(19-4)20-8-2-5(9(15)16)6(11)3-7(8)14(17)18/h2-3H,1H3,(H,15,16). The number of aryl methyl sites for hydroxylation is 1. The van der Waals surface area contributed by atoms with Gasteiger partial charge in [-0.1, -0.05) is 0 Å². The number of carbonyl (C=O) groups is 1. The van der Waals surface area contributed by atoms with E-state index in [-0.39, 0.29) is 16.0 Å². The lowest BCUT2D eigenvalue weighted by atomic mass is 10.2. The molecule has 0 radical (unpaired) electrons. The maximum absolute atomic E-state index is 13.4. The van der Waals surface area contributed by atoms with Gasteiger partial charge in [0.25, 0.3) is 10.9 Å². The van der Waals surface area contributed by atoms with E-state index in [2.05, 4.69) is 10.2 Å². The highest BCUT2D eigenvalue weighted by Gasteiger charge is 2.23. The fourth-order valence-corrected chi connectivity index (χ4v) is 2.19. The smallest absolute Gasteiger partial charge is 0.338 e. The monoisotopic (exact) mass is 299 g/mol. The molecule has 0 aliphatic carbocycles. The summed E-state index contributed by atoms with van der Waals surface area (Å²) in [5.74, 6) is -2.47. The third-order valence-electron chi connectivity index (χ3n) is 2.18. The van der Waals surface area contributed by atoms with Crippen molar-refractivity contribution >= 4 is 23.4 Å². The summed E-state index contributed by atoms with van der Waals surface area (Å²) in [6.45, 7) is 1.53. The van der Waals surface area contributed by atoms with Gasteiger partial charge in [-0.25, -0.2) is 9.18 Å². The minimum absolute atomic E-state index is 0.00598. The van der Waals surface area contributed by atoms with E-state index in [0.717, 1.165) is 6.07 Å². The Morgan fingerprint density at radius 2 is 2.20 bits per heavy atom. The number of carboxylic acid groups (broad SMARTS) is 1. The van der Waals surface area contributed by atoms with Gasteiger partial charge in [-0.2, -0.15) is 0 Å². The Hall–Kier alpha value is -2.49. The van der Waals surface area contributed by atoms with Crippen LogP contribution >= 0.6 is 11.8 Å². The highest BCUT2D eigenvalue weighted by atomic mass is 32.2. The van der Waals surface area contributed by atoms with Crippen LogP contribution in [0.25, 0.3) is 0 Å². The van der Waals surface area contributed by atoms with Gasteiger partial charge in [-0.15, -0.1) is 10.2 Å². The third kappa shape index (κ3) is 2.74. The van der Waals surface area contributed by atoms with Crippen LogP contribution in [0.2, 0.25) is 0 Å². The summed E-state index contributed by atoms with van der Waals surface area (Å²) in [7, 11) is 0. The molecule has 0 amide bonds. The fourth-order valence-electron chi connectivity index (χ4n) is 1.34. The van der Waals surface area contributed by atoms with Crippen molar-refractivity contribution in [2.45, 2.75) is 17.0 Å². The zero-order valence-electron chi connectivity index (χ0n) is 9.86. The number of halogens is 1. The SMILES string of the molecule is Cc1nnc(Sc2cc(C(=O)O)c(F)cc2[N+](=O)[O-])o1. The van der Waals surface area contributed by atoms with Gasteiger partial charge in [0.15, 0.2) is 0 Å². The molecule has 2 aromatic rings. The van der Waals surface area contributed by atoms with Crippen molar-refractivity contribution in [1.29, 1.82) is 0 Å². The first-order valence-electron chi connectivity index (χ1n) is 5.07. The van der Waals surface area contributed by atoms with Gasteiger partial charge in [0, 0.05) is 6.92 Å². The highest BCUT2D eigenvalue weighted by Crippen LogP contribution is 2.35. The summed E-state index contributed by atoms with van der Waals surface area (Å²) in [5.41, 5.74) is -1.25. The number of hydrogen-bond acceptors (Lipinski definition) is 7.